The van der Waals surface area contributed by atoms with Gasteiger partial charge >= 0.3 is 6.18 Å². The van der Waals surface area contributed by atoms with Crippen LogP contribution in [0.1, 0.15) is 33.5 Å². The fraction of sp³-hybridized carbons (Fsp3) is 0.333. The van der Waals surface area contributed by atoms with Crippen LogP contribution in [0.25, 0.3) is 22.0 Å². The van der Waals surface area contributed by atoms with Gasteiger partial charge in [0.2, 0.25) is 5.82 Å². The van der Waals surface area contributed by atoms with E-state index in [1.165, 1.54) is 0 Å². The number of rotatable bonds is 3. The minimum absolute atomic E-state index is 0.287. The third kappa shape index (κ3) is 3.89. The first-order valence-corrected chi connectivity index (χ1v) is 8.83. The van der Waals surface area contributed by atoms with E-state index in [4.69, 9.17) is 0 Å². The van der Waals surface area contributed by atoms with Gasteiger partial charge in [0.1, 0.15) is 5.82 Å². The zero-order valence-corrected chi connectivity index (χ0v) is 15.8. The van der Waals surface area contributed by atoms with E-state index in [1.54, 1.807) is 12.1 Å². The molecule has 0 amide bonds. The topological polar surface area (TPSA) is 29.0 Å². The number of aromatic nitrogens is 2. The summed E-state index contributed by atoms with van der Waals surface area (Å²) < 4.78 is 40.1. The van der Waals surface area contributed by atoms with Gasteiger partial charge in [-0.2, -0.15) is 13.2 Å². The van der Waals surface area contributed by atoms with Crippen LogP contribution < -0.4 is 4.90 Å². The minimum atomic E-state index is -4.60. The second-order valence-electron chi connectivity index (χ2n) is 7.38. The fourth-order valence-electron chi connectivity index (χ4n) is 3.20. The first kappa shape index (κ1) is 19.1. The average molecular weight is 373 g/mol. The number of fused-ring (bicyclic) bond motifs is 1. The smallest absolute Gasteiger partial charge is 0.351 e. The molecule has 0 radical (unpaired) electrons. The van der Waals surface area contributed by atoms with Crippen molar-refractivity contribution in [1.29, 1.82) is 0 Å². The molecule has 6 heteroatoms. The summed E-state index contributed by atoms with van der Waals surface area (Å²) in [5.41, 5.74) is 1.80. The SMILES string of the molecule is CCN(c1nc(C(F)(F)F)nc2ccc(-c3ccccc3)cc12)C(C)(C)C. The predicted molar refractivity (Wildman–Crippen MR) is 103 cm³/mol. The summed E-state index contributed by atoms with van der Waals surface area (Å²) in [5, 5.41) is 0.612. The van der Waals surface area contributed by atoms with Crippen molar-refractivity contribution >= 4 is 16.7 Å². The molecule has 0 spiro atoms. The molecule has 0 aliphatic rings. The van der Waals surface area contributed by atoms with Crippen LogP contribution >= 0.6 is 0 Å². The Morgan fingerprint density at radius 2 is 1.56 bits per heavy atom. The maximum atomic E-state index is 13.4. The van der Waals surface area contributed by atoms with Gasteiger partial charge in [0.25, 0.3) is 0 Å². The van der Waals surface area contributed by atoms with Gasteiger partial charge in [0.05, 0.1) is 5.52 Å². The molecule has 0 bridgehead atoms. The van der Waals surface area contributed by atoms with Gasteiger partial charge in [0.15, 0.2) is 0 Å². The third-order valence-electron chi connectivity index (χ3n) is 4.42. The number of benzene rings is 2. The molecule has 1 heterocycles. The molecule has 1 aromatic heterocycles. The standard InChI is InChI=1S/C21H22F3N3/c1-5-27(20(2,3)4)18-16-13-15(14-9-7-6-8-10-14)11-12-17(16)25-19(26-18)21(22,23)24/h6-13H,5H2,1-4H3. The van der Waals surface area contributed by atoms with Gasteiger partial charge < -0.3 is 4.90 Å². The predicted octanol–water partition coefficient (Wildman–Crippen LogP) is 5.94. The maximum Gasteiger partial charge on any atom is 0.451 e. The molecule has 0 N–H and O–H groups in total. The van der Waals surface area contributed by atoms with Gasteiger partial charge in [-0.05, 0) is 51.0 Å². The van der Waals surface area contributed by atoms with E-state index in [9.17, 15) is 13.2 Å². The lowest BCUT2D eigenvalue weighted by molar-refractivity contribution is -0.144. The van der Waals surface area contributed by atoms with Crippen molar-refractivity contribution in [2.75, 3.05) is 11.4 Å². The molecule has 0 saturated carbocycles. The average Bonchev–Trinajstić information content (AvgIpc) is 2.60. The Hall–Kier alpha value is -2.63. The summed E-state index contributed by atoms with van der Waals surface area (Å²) in [6.45, 7) is 8.31. The van der Waals surface area contributed by atoms with Gasteiger partial charge in [-0.3, -0.25) is 0 Å². The summed E-state index contributed by atoms with van der Waals surface area (Å²) in [4.78, 5) is 9.59. The number of alkyl halides is 3. The van der Waals surface area contributed by atoms with Crippen molar-refractivity contribution in [2.24, 2.45) is 0 Å². The van der Waals surface area contributed by atoms with Crippen LogP contribution in [0.4, 0.5) is 19.0 Å². The van der Waals surface area contributed by atoms with Crippen LogP contribution in [0.5, 0.6) is 0 Å². The highest BCUT2D eigenvalue weighted by atomic mass is 19.4. The quantitative estimate of drug-likeness (QED) is 0.569. The highest BCUT2D eigenvalue weighted by Crippen LogP contribution is 2.35. The summed E-state index contributed by atoms with van der Waals surface area (Å²) in [5.74, 6) is -0.805. The number of hydrogen-bond donors (Lipinski definition) is 0. The van der Waals surface area contributed by atoms with Crippen LogP contribution in [0, 0.1) is 0 Å². The lowest BCUT2D eigenvalue weighted by Crippen LogP contribution is -2.42. The fourth-order valence-corrected chi connectivity index (χ4v) is 3.20. The molecule has 0 aliphatic carbocycles. The minimum Gasteiger partial charge on any atom is -0.351 e. The molecule has 0 aliphatic heterocycles. The van der Waals surface area contributed by atoms with Crippen molar-refractivity contribution < 1.29 is 13.2 Å². The third-order valence-corrected chi connectivity index (χ3v) is 4.42. The molecule has 0 saturated heterocycles. The van der Waals surface area contributed by atoms with E-state index < -0.39 is 12.0 Å². The molecule has 142 valence electrons. The summed E-state index contributed by atoms with van der Waals surface area (Å²) in [6, 6.07) is 15.0. The summed E-state index contributed by atoms with van der Waals surface area (Å²) >= 11 is 0. The van der Waals surface area contributed by atoms with E-state index in [-0.39, 0.29) is 11.1 Å². The summed E-state index contributed by atoms with van der Waals surface area (Å²) in [6.07, 6.45) is -4.60. The second-order valence-corrected chi connectivity index (χ2v) is 7.38. The Morgan fingerprint density at radius 1 is 0.889 bits per heavy atom. The molecule has 0 atom stereocenters. The number of hydrogen-bond acceptors (Lipinski definition) is 3. The molecule has 2 aromatic carbocycles. The first-order valence-electron chi connectivity index (χ1n) is 8.83. The molecule has 27 heavy (non-hydrogen) atoms. The zero-order chi connectivity index (χ0) is 19.8. The Morgan fingerprint density at radius 3 is 2.11 bits per heavy atom. The Kier molecular flexibility index (Phi) is 4.84. The van der Waals surface area contributed by atoms with Crippen molar-refractivity contribution in [2.45, 2.75) is 39.4 Å². The van der Waals surface area contributed by atoms with Gasteiger partial charge in [-0.15, -0.1) is 0 Å². The summed E-state index contributed by atoms with van der Waals surface area (Å²) in [7, 11) is 0. The second kappa shape index (κ2) is 6.83. The lowest BCUT2D eigenvalue weighted by atomic mass is 10.0. The van der Waals surface area contributed by atoms with E-state index >= 15 is 0 Å². The van der Waals surface area contributed by atoms with Crippen LogP contribution in [0.2, 0.25) is 0 Å². The van der Waals surface area contributed by atoms with Crippen LogP contribution in [0.15, 0.2) is 48.5 Å². The van der Waals surface area contributed by atoms with E-state index in [0.717, 1.165) is 11.1 Å². The van der Waals surface area contributed by atoms with Crippen molar-refractivity contribution in [3.63, 3.8) is 0 Å². The first-order chi connectivity index (χ1) is 12.6. The number of halogens is 3. The van der Waals surface area contributed by atoms with Gasteiger partial charge in [-0.1, -0.05) is 36.4 Å². The van der Waals surface area contributed by atoms with Crippen LogP contribution in [0.3, 0.4) is 0 Å². The highest BCUT2D eigenvalue weighted by Gasteiger charge is 2.37. The van der Waals surface area contributed by atoms with Crippen molar-refractivity contribution in [3.8, 4) is 11.1 Å². The number of anilines is 1. The molecule has 0 unspecified atom stereocenters. The van der Waals surface area contributed by atoms with E-state index in [1.807, 2.05) is 69.0 Å². The largest absolute Gasteiger partial charge is 0.451 e. The monoisotopic (exact) mass is 373 g/mol. The number of nitrogens with zero attached hydrogens (tertiary/aromatic N) is 3. The lowest BCUT2D eigenvalue weighted by Gasteiger charge is -2.36. The van der Waals surface area contributed by atoms with Crippen LogP contribution in [-0.2, 0) is 6.18 Å². The van der Waals surface area contributed by atoms with Gasteiger partial charge in [-0.25, -0.2) is 9.97 Å². The molecule has 3 nitrogen and oxygen atoms in total. The van der Waals surface area contributed by atoms with E-state index in [2.05, 4.69) is 9.97 Å². The molecular weight excluding hydrogens is 351 g/mol. The Balaban J connectivity index is 2.30. The van der Waals surface area contributed by atoms with Crippen molar-refractivity contribution in [1.82, 2.24) is 9.97 Å². The van der Waals surface area contributed by atoms with Gasteiger partial charge in [0, 0.05) is 17.5 Å². The highest BCUT2D eigenvalue weighted by molar-refractivity contribution is 5.93. The zero-order valence-electron chi connectivity index (χ0n) is 15.8. The molecule has 3 aromatic rings. The maximum absolute atomic E-state index is 13.4. The Bertz CT molecular complexity index is 945. The normalized spacial score (nSPS) is 12.4. The van der Waals surface area contributed by atoms with E-state index in [0.29, 0.717) is 17.7 Å². The Labute approximate surface area is 156 Å². The molecule has 0 fully saturated rings. The molecule has 3 rings (SSSR count). The molecular formula is C21H22F3N3. The van der Waals surface area contributed by atoms with Crippen molar-refractivity contribution in [3.05, 3.63) is 54.4 Å². The van der Waals surface area contributed by atoms with Crippen LogP contribution in [-0.4, -0.2) is 22.1 Å².